The van der Waals surface area contributed by atoms with Gasteiger partial charge in [-0.3, -0.25) is 0 Å². The summed E-state index contributed by atoms with van der Waals surface area (Å²) >= 11 is 5.86. The third-order valence-corrected chi connectivity index (χ3v) is 6.06. The Morgan fingerprint density at radius 2 is 1.73 bits per heavy atom. The molecular weight excluding hydrogens is 374 g/mol. The number of benzene rings is 2. The normalized spacial score (nSPS) is 11.8. The molecule has 136 valence electrons. The predicted octanol–water partition coefficient (Wildman–Crippen LogP) is 3.56. The maximum atomic E-state index is 12.6. The molecule has 6 nitrogen and oxygen atoms in total. The van der Waals surface area contributed by atoms with Crippen molar-refractivity contribution in [2.24, 2.45) is 0 Å². The second-order valence-corrected chi connectivity index (χ2v) is 8.39. The van der Waals surface area contributed by atoms with E-state index >= 15 is 0 Å². The first-order valence-corrected chi connectivity index (χ1v) is 9.79. The van der Waals surface area contributed by atoms with Crippen LogP contribution in [0.4, 0.5) is 0 Å². The van der Waals surface area contributed by atoms with Crippen LogP contribution in [0.25, 0.3) is 11.5 Å². The Morgan fingerprint density at radius 3 is 2.38 bits per heavy atom. The van der Waals surface area contributed by atoms with Gasteiger partial charge in [-0.2, -0.15) is 4.98 Å². The Labute approximate surface area is 157 Å². The third-order valence-electron chi connectivity index (χ3n) is 3.94. The van der Waals surface area contributed by atoms with E-state index in [9.17, 15) is 8.42 Å². The highest BCUT2D eigenvalue weighted by Crippen LogP contribution is 2.20. The molecule has 1 aromatic heterocycles. The van der Waals surface area contributed by atoms with E-state index in [1.165, 1.54) is 11.4 Å². The van der Waals surface area contributed by atoms with Gasteiger partial charge in [-0.25, -0.2) is 12.7 Å². The zero-order chi connectivity index (χ0) is 18.7. The van der Waals surface area contributed by atoms with Crippen molar-refractivity contribution in [1.82, 2.24) is 14.4 Å². The first-order valence-electron chi connectivity index (χ1n) is 7.98. The number of rotatable bonds is 6. The Balaban J connectivity index is 1.67. The van der Waals surface area contributed by atoms with E-state index in [0.29, 0.717) is 23.2 Å². The summed E-state index contributed by atoms with van der Waals surface area (Å²) in [5.41, 5.74) is 1.77. The van der Waals surface area contributed by atoms with E-state index in [2.05, 4.69) is 10.1 Å². The number of hydrogen-bond donors (Lipinski definition) is 0. The number of aromatic nitrogens is 2. The zero-order valence-corrected chi connectivity index (χ0v) is 16.0. The average molecular weight is 392 g/mol. The second-order valence-electron chi connectivity index (χ2n) is 5.91. The third kappa shape index (κ3) is 4.12. The van der Waals surface area contributed by atoms with E-state index in [4.69, 9.17) is 16.1 Å². The standard InChI is InChI=1S/C18H18ClN3O3S/c1-13-3-9-16(10-4-13)26(23,24)22(2)12-11-17-20-18(25-21-17)14-5-7-15(19)8-6-14/h3-10H,11-12H2,1-2H3. The van der Waals surface area contributed by atoms with Crippen LogP contribution >= 0.6 is 11.6 Å². The van der Waals surface area contributed by atoms with Gasteiger partial charge in [0, 0.05) is 30.6 Å². The average Bonchev–Trinajstić information content (AvgIpc) is 3.09. The Bertz CT molecular complexity index is 983. The first kappa shape index (κ1) is 18.6. The van der Waals surface area contributed by atoms with E-state index in [-0.39, 0.29) is 11.4 Å². The first-order chi connectivity index (χ1) is 12.4. The highest BCUT2D eigenvalue weighted by atomic mass is 35.5. The summed E-state index contributed by atoms with van der Waals surface area (Å²) in [6.07, 6.45) is 0.346. The van der Waals surface area contributed by atoms with E-state index < -0.39 is 10.0 Å². The van der Waals surface area contributed by atoms with Gasteiger partial charge in [-0.1, -0.05) is 34.5 Å². The van der Waals surface area contributed by atoms with Gasteiger partial charge < -0.3 is 4.52 Å². The van der Waals surface area contributed by atoms with Crippen molar-refractivity contribution in [2.75, 3.05) is 13.6 Å². The van der Waals surface area contributed by atoms with E-state index in [0.717, 1.165) is 11.1 Å². The van der Waals surface area contributed by atoms with Crippen molar-refractivity contribution in [3.8, 4) is 11.5 Å². The minimum Gasteiger partial charge on any atom is -0.334 e. The minimum absolute atomic E-state index is 0.246. The molecular formula is C18H18ClN3O3S. The topological polar surface area (TPSA) is 76.3 Å². The van der Waals surface area contributed by atoms with Crippen molar-refractivity contribution in [3.63, 3.8) is 0 Å². The van der Waals surface area contributed by atoms with Crippen LogP contribution in [0.5, 0.6) is 0 Å². The fraction of sp³-hybridized carbons (Fsp3) is 0.222. The monoisotopic (exact) mass is 391 g/mol. The molecule has 0 saturated heterocycles. The van der Waals surface area contributed by atoms with Crippen molar-refractivity contribution < 1.29 is 12.9 Å². The molecule has 1 heterocycles. The molecule has 0 bridgehead atoms. The van der Waals surface area contributed by atoms with Gasteiger partial charge in [0.2, 0.25) is 10.0 Å². The molecule has 0 spiro atoms. The lowest BCUT2D eigenvalue weighted by Gasteiger charge is -2.16. The fourth-order valence-electron chi connectivity index (χ4n) is 2.33. The molecule has 0 unspecified atom stereocenters. The van der Waals surface area contributed by atoms with Gasteiger partial charge in [0.15, 0.2) is 5.82 Å². The smallest absolute Gasteiger partial charge is 0.257 e. The van der Waals surface area contributed by atoms with Crippen LogP contribution in [0.3, 0.4) is 0 Å². The highest BCUT2D eigenvalue weighted by Gasteiger charge is 2.21. The molecule has 2 aromatic carbocycles. The summed E-state index contributed by atoms with van der Waals surface area (Å²) in [4.78, 5) is 4.57. The van der Waals surface area contributed by atoms with Crippen LogP contribution in [0.15, 0.2) is 57.9 Å². The minimum atomic E-state index is -3.54. The summed E-state index contributed by atoms with van der Waals surface area (Å²) in [5.74, 6) is 0.821. The highest BCUT2D eigenvalue weighted by molar-refractivity contribution is 7.89. The Hall–Kier alpha value is -2.22. The van der Waals surface area contributed by atoms with Crippen LogP contribution in [0.1, 0.15) is 11.4 Å². The van der Waals surface area contributed by atoms with E-state index in [1.807, 2.05) is 6.92 Å². The number of sulfonamides is 1. The Morgan fingerprint density at radius 1 is 1.08 bits per heavy atom. The molecule has 3 rings (SSSR count). The molecule has 0 atom stereocenters. The lowest BCUT2D eigenvalue weighted by atomic mass is 10.2. The van der Waals surface area contributed by atoms with E-state index in [1.54, 1.807) is 48.5 Å². The molecule has 3 aromatic rings. The number of hydrogen-bond acceptors (Lipinski definition) is 5. The number of likely N-dealkylation sites (N-methyl/N-ethyl adjacent to an activating group) is 1. The van der Waals surface area contributed by atoms with Gasteiger partial charge in [0.05, 0.1) is 4.90 Å². The molecule has 0 saturated carbocycles. The van der Waals surface area contributed by atoms with Crippen molar-refractivity contribution >= 4 is 21.6 Å². The van der Waals surface area contributed by atoms with Gasteiger partial charge in [-0.15, -0.1) is 0 Å². The van der Waals surface area contributed by atoms with Gasteiger partial charge in [0.25, 0.3) is 5.89 Å². The zero-order valence-electron chi connectivity index (χ0n) is 14.4. The molecule has 26 heavy (non-hydrogen) atoms. The predicted molar refractivity (Wildman–Crippen MR) is 99.4 cm³/mol. The van der Waals surface area contributed by atoms with Crippen LogP contribution in [0.2, 0.25) is 5.02 Å². The summed E-state index contributed by atoms with van der Waals surface area (Å²) in [7, 11) is -2.01. The van der Waals surface area contributed by atoms with Crippen LogP contribution in [-0.4, -0.2) is 36.5 Å². The summed E-state index contributed by atoms with van der Waals surface area (Å²) in [6.45, 7) is 2.16. The van der Waals surface area contributed by atoms with Crippen LogP contribution in [-0.2, 0) is 16.4 Å². The van der Waals surface area contributed by atoms with Gasteiger partial charge in [0.1, 0.15) is 0 Å². The summed E-state index contributed by atoms with van der Waals surface area (Å²) in [5, 5.41) is 4.53. The molecule has 0 radical (unpaired) electrons. The van der Waals surface area contributed by atoms with Gasteiger partial charge >= 0.3 is 0 Å². The van der Waals surface area contributed by atoms with Crippen LogP contribution < -0.4 is 0 Å². The molecule has 0 aliphatic rings. The quantitative estimate of drug-likeness (QED) is 0.642. The van der Waals surface area contributed by atoms with Gasteiger partial charge in [-0.05, 0) is 43.3 Å². The Kier molecular flexibility index (Phi) is 5.41. The van der Waals surface area contributed by atoms with Crippen molar-refractivity contribution in [1.29, 1.82) is 0 Å². The number of nitrogens with zero attached hydrogens (tertiary/aromatic N) is 3. The fourth-order valence-corrected chi connectivity index (χ4v) is 3.63. The summed E-state index contributed by atoms with van der Waals surface area (Å²) < 4.78 is 31.7. The molecule has 0 amide bonds. The molecule has 0 N–H and O–H groups in total. The second kappa shape index (κ2) is 7.57. The van der Waals surface area contributed by atoms with Crippen molar-refractivity contribution in [3.05, 3.63) is 64.9 Å². The number of halogens is 1. The maximum Gasteiger partial charge on any atom is 0.257 e. The lowest BCUT2D eigenvalue weighted by molar-refractivity contribution is 0.415. The molecule has 0 aliphatic heterocycles. The largest absolute Gasteiger partial charge is 0.334 e. The molecule has 0 aliphatic carbocycles. The lowest BCUT2D eigenvalue weighted by Crippen LogP contribution is -2.29. The number of aryl methyl sites for hydroxylation is 1. The summed E-state index contributed by atoms with van der Waals surface area (Å²) in [6, 6.07) is 13.8. The van der Waals surface area contributed by atoms with Crippen molar-refractivity contribution in [2.45, 2.75) is 18.2 Å². The van der Waals surface area contributed by atoms with Crippen LogP contribution in [0, 0.1) is 6.92 Å². The molecule has 8 heteroatoms. The maximum absolute atomic E-state index is 12.6. The molecule has 0 fully saturated rings. The SMILES string of the molecule is Cc1ccc(S(=O)(=O)N(C)CCc2noc(-c3ccc(Cl)cc3)n2)cc1.